The first-order valence-electron chi connectivity index (χ1n) is 18.1. The van der Waals surface area contributed by atoms with Crippen molar-refractivity contribution in [2.24, 2.45) is 30.7 Å². The molecule has 8 aromatic carbocycles. The Morgan fingerprint density at radius 2 is 0.667 bits per heavy atom. The highest BCUT2D eigenvalue weighted by molar-refractivity contribution is 7.86. The van der Waals surface area contributed by atoms with Gasteiger partial charge in [-0.25, -0.2) is 0 Å². The maximum atomic E-state index is 12.2. The number of nitrogens with zero attached hydrogens (tertiary/aromatic N) is 6. The van der Waals surface area contributed by atoms with Gasteiger partial charge in [-0.15, -0.1) is 20.5 Å². The molecule has 0 aliphatic heterocycles. The first-order chi connectivity index (χ1) is 28.7. The number of hydrogen-bond donors (Lipinski definition) is 4. The van der Waals surface area contributed by atoms with Crippen LogP contribution in [0, 0.1) is 13.8 Å². The van der Waals surface area contributed by atoms with Gasteiger partial charge >= 0.3 is 0 Å². The zero-order valence-corrected chi connectivity index (χ0v) is 33.3. The monoisotopic (exact) mass is 836 g/mol. The topological polar surface area (TPSA) is 223 Å². The van der Waals surface area contributed by atoms with Crippen molar-refractivity contribution in [3.63, 3.8) is 0 Å². The maximum absolute atomic E-state index is 12.2. The number of phenols is 2. The second kappa shape index (κ2) is 15.5. The van der Waals surface area contributed by atoms with Gasteiger partial charge in [-0.1, -0.05) is 84.9 Å². The minimum absolute atomic E-state index is 0.114. The second-order valence-electron chi connectivity index (χ2n) is 13.8. The van der Waals surface area contributed by atoms with E-state index in [0.29, 0.717) is 28.1 Å². The molecular formula is C44H32N6O8S2. The summed E-state index contributed by atoms with van der Waals surface area (Å²) in [4.78, 5) is -0.786. The summed E-state index contributed by atoms with van der Waals surface area (Å²) in [5, 5.41) is 49.8. The Morgan fingerprint density at radius 3 is 1.02 bits per heavy atom. The summed E-state index contributed by atoms with van der Waals surface area (Å²) in [6, 6.07) is 36.7. The molecule has 0 heterocycles. The minimum Gasteiger partial charge on any atom is -0.505 e. The summed E-state index contributed by atoms with van der Waals surface area (Å²) in [6.45, 7) is 3.77. The van der Waals surface area contributed by atoms with Crippen LogP contribution in [0.15, 0.2) is 174 Å². The van der Waals surface area contributed by atoms with Crippen LogP contribution in [-0.2, 0) is 20.2 Å². The van der Waals surface area contributed by atoms with Crippen LogP contribution < -0.4 is 0 Å². The van der Waals surface area contributed by atoms with Gasteiger partial charge in [0.1, 0.15) is 21.2 Å². The third-order valence-corrected chi connectivity index (χ3v) is 11.7. The van der Waals surface area contributed by atoms with Gasteiger partial charge < -0.3 is 10.2 Å². The highest BCUT2D eigenvalue weighted by Gasteiger charge is 2.21. The number of phenolic OH excluding ortho intramolecular Hbond substituents is 2. The smallest absolute Gasteiger partial charge is 0.295 e. The lowest BCUT2D eigenvalue weighted by molar-refractivity contribution is 0.477. The predicted octanol–water partition coefficient (Wildman–Crippen LogP) is 12.6. The molecule has 0 aliphatic rings. The molecule has 0 bridgehead atoms. The first kappa shape index (κ1) is 39.6. The fourth-order valence-electron chi connectivity index (χ4n) is 6.86. The standard InChI is InChI=1S/C44H32N6O8S2/c1-25-21-27(28-16-18-36(26(2)22-28)46-49-39-23-41(59(53,54)55)31-11-5-7-13-33(31)43(39)51)15-17-35(25)45-47-37-19-20-38(30-10-4-3-9-29(30)37)48-50-40-24-42(60(56,57)58)32-12-6-8-14-34(32)44(40)52/h3-24,51-52H,1-2H3,(H,53,54,55)(H,56,57,58). The predicted molar refractivity (Wildman–Crippen MR) is 229 cm³/mol. The molecule has 0 atom stereocenters. The van der Waals surface area contributed by atoms with Crippen LogP contribution in [0.3, 0.4) is 0 Å². The molecule has 8 aromatic rings. The van der Waals surface area contributed by atoms with Crippen LogP contribution in [-0.4, -0.2) is 36.2 Å². The van der Waals surface area contributed by atoms with E-state index in [1.807, 2.05) is 68.4 Å². The molecule has 0 saturated carbocycles. The lowest BCUT2D eigenvalue weighted by atomic mass is 10.0. The summed E-state index contributed by atoms with van der Waals surface area (Å²) in [5.74, 6) is -0.552. The molecule has 0 amide bonds. The van der Waals surface area contributed by atoms with E-state index in [2.05, 4.69) is 30.7 Å². The van der Waals surface area contributed by atoms with E-state index in [-0.39, 0.29) is 49.3 Å². The Labute approximate surface area is 343 Å². The summed E-state index contributed by atoms with van der Waals surface area (Å²) in [6.07, 6.45) is 0. The molecule has 0 fully saturated rings. The summed E-state index contributed by atoms with van der Waals surface area (Å²) in [5.41, 5.74) is 5.27. The molecule has 8 rings (SSSR count). The Bertz CT molecular complexity index is 3390. The number of aryl methyl sites for hydroxylation is 2. The van der Waals surface area contributed by atoms with Crippen LogP contribution in [0.25, 0.3) is 43.4 Å². The van der Waals surface area contributed by atoms with Crippen molar-refractivity contribution in [2.75, 3.05) is 0 Å². The fraction of sp³-hybridized carbons (Fsp3) is 0.0455. The second-order valence-corrected chi connectivity index (χ2v) is 16.6. The maximum Gasteiger partial charge on any atom is 0.295 e. The molecule has 0 spiro atoms. The average molecular weight is 837 g/mol. The zero-order chi connectivity index (χ0) is 42.3. The van der Waals surface area contributed by atoms with E-state index in [0.717, 1.165) is 39.8 Å². The molecule has 0 radical (unpaired) electrons. The van der Waals surface area contributed by atoms with Crippen molar-refractivity contribution < 1.29 is 36.2 Å². The lowest BCUT2D eigenvalue weighted by Crippen LogP contribution is -1.99. The molecule has 14 nitrogen and oxygen atoms in total. The van der Waals surface area contributed by atoms with E-state index in [1.165, 1.54) is 24.3 Å². The molecule has 298 valence electrons. The molecule has 4 N–H and O–H groups in total. The van der Waals surface area contributed by atoms with Crippen LogP contribution in [0.4, 0.5) is 34.1 Å². The van der Waals surface area contributed by atoms with Gasteiger partial charge in [-0.3, -0.25) is 9.11 Å². The largest absolute Gasteiger partial charge is 0.505 e. The van der Waals surface area contributed by atoms with Gasteiger partial charge in [0, 0.05) is 32.3 Å². The molecule has 0 saturated heterocycles. The van der Waals surface area contributed by atoms with Gasteiger partial charge in [0.05, 0.1) is 22.7 Å². The van der Waals surface area contributed by atoms with Gasteiger partial charge in [0.25, 0.3) is 20.2 Å². The van der Waals surface area contributed by atoms with Crippen molar-refractivity contribution >= 4 is 86.7 Å². The van der Waals surface area contributed by atoms with Crippen LogP contribution >= 0.6 is 0 Å². The summed E-state index contributed by atoms with van der Waals surface area (Å²) < 4.78 is 68.2. The number of fused-ring (bicyclic) bond motifs is 3. The van der Waals surface area contributed by atoms with Crippen LogP contribution in [0.1, 0.15) is 11.1 Å². The Balaban J connectivity index is 1.04. The quantitative estimate of drug-likeness (QED) is 0.0806. The van der Waals surface area contributed by atoms with Gasteiger partial charge in [0.15, 0.2) is 11.5 Å². The summed E-state index contributed by atoms with van der Waals surface area (Å²) in [7, 11) is -9.24. The average Bonchev–Trinajstić information content (AvgIpc) is 3.22. The SMILES string of the molecule is Cc1cc(-c2ccc(N=Nc3ccc(N=Nc4cc(S(=O)(=O)O)c5ccccc5c4O)c4ccccc34)c(C)c2)ccc1N=Nc1cc(S(=O)(=O)O)c2ccccc2c1O. The first-order valence-corrected chi connectivity index (χ1v) is 21.0. The van der Waals surface area contributed by atoms with Crippen molar-refractivity contribution in [1.29, 1.82) is 0 Å². The van der Waals surface area contributed by atoms with Crippen molar-refractivity contribution in [3.8, 4) is 22.6 Å². The number of hydrogen-bond acceptors (Lipinski definition) is 12. The lowest BCUT2D eigenvalue weighted by Gasteiger charge is -2.09. The number of benzene rings is 8. The van der Waals surface area contributed by atoms with E-state index < -0.39 is 25.1 Å². The number of aromatic hydroxyl groups is 2. The molecule has 0 aromatic heterocycles. The Morgan fingerprint density at radius 1 is 0.367 bits per heavy atom. The van der Waals surface area contributed by atoms with E-state index in [9.17, 15) is 36.2 Å². The highest BCUT2D eigenvalue weighted by Crippen LogP contribution is 2.42. The van der Waals surface area contributed by atoms with E-state index >= 15 is 0 Å². The highest BCUT2D eigenvalue weighted by atomic mass is 32.2. The minimum atomic E-state index is -4.63. The fourth-order valence-corrected chi connectivity index (χ4v) is 8.30. The van der Waals surface area contributed by atoms with Gasteiger partial charge in [-0.2, -0.15) is 27.1 Å². The summed E-state index contributed by atoms with van der Waals surface area (Å²) >= 11 is 0. The van der Waals surface area contributed by atoms with Crippen molar-refractivity contribution in [3.05, 3.63) is 145 Å². The molecule has 0 aliphatic carbocycles. The molecule has 60 heavy (non-hydrogen) atoms. The van der Waals surface area contributed by atoms with E-state index in [1.54, 1.807) is 42.5 Å². The molecular weight excluding hydrogens is 805 g/mol. The third kappa shape index (κ3) is 7.70. The van der Waals surface area contributed by atoms with Crippen molar-refractivity contribution in [1.82, 2.24) is 0 Å². The molecule has 0 unspecified atom stereocenters. The van der Waals surface area contributed by atoms with Crippen molar-refractivity contribution in [2.45, 2.75) is 23.6 Å². The van der Waals surface area contributed by atoms with Crippen LogP contribution in [0.5, 0.6) is 11.5 Å². The third-order valence-electron chi connectivity index (χ3n) is 9.87. The number of rotatable bonds is 9. The van der Waals surface area contributed by atoms with Gasteiger partial charge in [0.2, 0.25) is 0 Å². The Kier molecular flexibility index (Phi) is 10.2. The molecule has 16 heteroatoms. The van der Waals surface area contributed by atoms with E-state index in [4.69, 9.17) is 0 Å². The Hall–Kier alpha value is -7.24. The van der Waals surface area contributed by atoms with Gasteiger partial charge in [-0.05, 0) is 84.6 Å². The normalized spacial score (nSPS) is 12.5. The number of azo groups is 3. The van der Waals surface area contributed by atoms with Crippen LogP contribution in [0.2, 0.25) is 0 Å². The zero-order valence-electron chi connectivity index (χ0n) is 31.6.